The molecule has 1 N–H and O–H groups in total. The second-order valence-electron chi connectivity index (χ2n) is 9.36. The molecule has 2 aliphatic heterocycles. The van der Waals surface area contributed by atoms with Gasteiger partial charge in [-0.25, -0.2) is 31.1 Å². The van der Waals surface area contributed by atoms with Crippen LogP contribution in [-0.2, 0) is 11.3 Å². The van der Waals surface area contributed by atoms with E-state index >= 15 is 0 Å². The maximum absolute atomic E-state index is 15.0. The average molecular weight is 538 g/mol. The van der Waals surface area contributed by atoms with Crippen LogP contribution in [0.25, 0.3) is 27.7 Å². The number of nitrogens with one attached hydrogen (secondary N) is 1. The molecule has 0 saturated carbocycles. The summed E-state index contributed by atoms with van der Waals surface area (Å²) in [5.74, 6) is -3.75. The third kappa shape index (κ3) is 4.28. The molecule has 0 amide bonds. The summed E-state index contributed by atoms with van der Waals surface area (Å²) < 4.78 is 83.5. The van der Waals surface area contributed by atoms with Gasteiger partial charge in [-0.3, -0.25) is 4.90 Å². The number of alkyl halides is 4. The standard InChI is InChI=1S/C23H23F5N8O2/c1-37-21-20-14(12-6-15(24)19-16(7-12)36(33-31-19)8-18(25)26)2-5-35(20)32-22(30-21)29-17-3-4-34(11-23(17,27)28)13-9-38-10-13/h2,5-7,13,17-18H,3-4,8-11H2,1H3,(H,29,32)/t17-/m1/s1. The first-order valence-corrected chi connectivity index (χ1v) is 11.9. The maximum Gasteiger partial charge on any atom is 0.280 e. The van der Waals surface area contributed by atoms with Crippen LogP contribution in [0, 0.1) is 5.82 Å². The van der Waals surface area contributed by atoms with Gasteiger partial charge in [-0.2, -0.15) is 4.98 Å². The first-order valence-electron chi connectivity index (χ1n) is 11.9. The number of hydrogen-bond acceptors (Lipinski definition) is 8. The minimum Gasteiger partial charge on any atom is -0.479 e. The number of hydrogen-bond donors (Lipinski definition) is 1. The van der Waals surface area contributed by atoms with E-state index < -0.39 is 37.3 Å². The summed E-state index contributed by atoms with van der Waals surface area (Å²) in [5, 5.41) is 14.4. The van der Waals surface area contributed by atoms with Gasteiger partial charge < -0.3 is 14.8 Å². The van der Waals surface area contributed by atoms with Crippen LogP contribution in [0.2, 0.25) is 0 Å². The molecule has 2 aliphatic rings. The Morgan fingerprint density at radius 2 is 2.08 bits per heavy atom. The van der Waals surface area contributed by atoms with Crippen molar-refractivity contribution in [2.45, 2.75) is 37.4 Å². The minimum atomic E-state index is -3.02. The van der Waals surface area contributed by atoms with Crippen molar-refractivity contribution >= 4 is 22.5 Å². The molecule has 3 aromatic heterocycles. The van der Waals surface area contributed by atoms with E-state index in [1.54, 1.807) is 17.2 Å². The molecule has 0 radical (unpaired) electrons. The zero-order chi connectivity index (χ0) is 26.6. The van der Waals surface area contributed by atoms with E-state index in [9.17, 15) is 22.0 Å². The van der Waals surface area contributed by atoms with Crippen LogP contribution < -0.4 is 10.1 Å². The molecular weight excluding hydrogens is 515 g/mol. The first kappa shape index (κ1) is 24.7. The Morgan fingerprint density at radius 3 is 2.76 bits per heavy atom. The lowest BCUT2D eigenvalue weighted by atomic mass is 9.98. The molecule has 1 aromatic carbocycles. The van der Waals surface area contributed by atoms with Crippen molar-refractivity contribution in [3.63, 3.8) is 0 Å². The SMILES string of the molecule is COc1nc(N[C@@H]2CCN(C3COC3)CC2(F)F)nn2ccc(-c3cc(F)c4nnn(CC(F)F)c4c3)c12. The Morgan fingerprint density at radius 1 is 1.26 bits per heavy atom. The van der Waals surface area contributed by atoms with Gasteiger partial charge in [0.05, 0.1) is 44.5 Å². The lowest BCUT2D eigenvalue weighted by molar-refractivity contribution is -0.131. The zero-order valence-electron chi connectivity index (χ0n) is 20.1. The summed E-state index contributed by atoms with van der Waals surface area (Å²) in [7, 11) is 1.36. The van der Waals surface area contributed by atoms with Gasteiger partial charge in [0.25, 0.3) is 12.3 Å². The Kier molecular flexibility index (Phi) is 6.06. The molecule has 38 heavy (non-hydrogen) atoms. The van der Waals surface area contributed by atoms with Gasteiger partial charge in [0.2, 0.25) is 11.8 Å². The van der Waals surface area contributed by atoms with Crippen molar-refractivity contribution in [3.05, 3.63) is 30.2 Å². The van der Waals surface area contributed by atoms with Crippen LogP contribution in [0.5, 0.6) is 5.88 Å². The molecule has 10 nitrogen and oxygen atoms in total. The molecule has 202 valence electrons. The van der Waals surface area contributed by atoms with Crippen molar-refractivity contribution in [2.75, 3.05) is 38.7 Å². The number of anilines is 1. The fourth-order valence-electron chi connectivity index (χ4n) is 4.92. The zero-order valence-corrected chi connectivity index (χ0v) is 20.1. The van der Waals surface area contributed by atoms with Crippen LogP contribution in [-0.4, -0.2) is 92.3 Å². The van der Waals surface area contributed by atoms with Crippen LogP contribution in [0.1, 0.15) is 6.42 Å². The number of piperidine rings is 1. The second kappa shape index (κ2) is 9.31. The molecule has 15 heteroatoms. The predicted octanol–water partition coefficient (Wildman–Crippen LogP) is 3.07. The Labute approximate surface area is 212 Å². The van der Waals surface area contributed by atoms with Crippen molar-refractivity contribution in [1.29, 1.82) is 0 Å². The molecule has 6 rings (SSSR count). The van der Waals surface area contributed by atoms with Gasteiger partial charge in [-0.1, -0.05) is 5.21 Å². The number of rotatable bonds is 7. The Hall–Kier alpha value is -3.59. The number of aromatic nitrogens is 6. The summed E-state index contributed by atoms with van der Waals surface area (Å²) in [5.41, 5.74) is 1.08. The van der Waals surface area contributed by atoms with Gasteiger partial charge in [0.1, 0.15) is 17.6 Å². The van der Waals surface area contributed by atoms with E-state index in [2.05, 4.69) is 25.7 Å². The third-order valence-electron chi connectivity index (χ3n) is 6.94. The van der Waals surface area contributed by atoms with Crippen molar-refractivity contribution in [3.8, 4) is 17.0 Å². The van der Waals surface area contributed by atoms with Crippen LogP contribution in [0.3, 0.4) is 0 Å². The largest absolute Gasteiger partial charge is 0.479 e. The van der Waals surface area contributed by atoms with Gasteiger partial charge in [0, 0.05) is 18.3 Å². The number of nitrogens with zero attached hydrogens (tertiary/aromatic N) is 7. The summed E-state index contributed by atoms with van der Waals surface area (Å²) in [4.78, 5) is 6.03. The predicted molar refractivity (Wildman–Crippen MR) is 125 cm³/mol. The van der Waals surface area contributed by atoms with E-state index in [1.165, 1.54) is 23.8 Å². The van der Waals surface area contributed by atoms with Gasteiger partial charge in [0.15, 0.2) is 5.82 Å². The van der Waals surface area contributed by atoms with Crippen LogP contribution in [0.15, 0.2) is 24.4 Å². The number of halogens is 5. The highest BCUT2D eigenvalue weighted by molar-refractivity contribution is 5.89. The van der Waals surface area contributed by atoms with Crippen molar-refractivity contribution < 1.29 is 31.4 Å². The summed E-state index contributed by atoms with van der Waals surface area (Å²) >= 11 is 0. The second-order valence-corrected chi connectivity index (χ2v) is 9.36. The fourth-order valence-corrected chi connectivity index (χ4v) is 4.92. The number of fused-ring (bicyclic) bond motifs is 2. The average Bonchev–Trinajstić information content (AvgIpc) is 3.43. The van der Waals surface area contributed by atoms with E-state index in [0.29, 0.717) is 36.4 Å². The molecule has 2 saturated heterocycles. The van der Waals surface area contributed by atoms with Crippen molar-refractivity contribution in [2.24, 2.45) is 0 Å². The third-order valence-corrected chi connectivity index (χ3v) is 6.94. The van der Waals surface area contributed by atoms with E-state index in [-0.39, 0.29) is 35.3 Å². The van der Waals surface area contributed by atoms with Gasteiger partial charge in [-0.05, 0) is 30.2 Å². The number of methoxy groups -OCH3 is 1. The number of ether oxygens (including phenoxy) is 2. The molecule has 5 heterocycles. The summed E-state index contributed by atoms with van der Waals surface area (Å²) in [6.07, 6.45) is -0.967. The summed E-state index contributed by atoms with van der Waals surface area (Å²) in [6.45, 7) is 0.275. The van der Waals surface area contributed by atoms with Crippen molar-refractivity contribution in [1.82, 2.24) is 34.5 Å². The maximum atomic E-state index is 15.0. The number of benzene rings is 1. The van der Waals surface area contributed by atoms with E-state index in [0.717, 1.165) is 4.68 Å². The Balaban J connectivity index is 1.32. The first-order chi connectivity index (χ1) is 18.2. The van der Waals surface area contributed by atoms with Crippen LogP contribution >= 0.6 is 0 Å². The molecule has 0 unspecified atom stereocenters. The van der Waals surface area contributed by atoms with E-state index in [1.807, 2.05) is 0 Å². The molecule has 0 bridgehead atoms. The normalized spacial score (nSPS) is 20.3. The fraction of sp³-hybridized carbons (Fsp3) is 0.478. The monoisotopic (exact) mass is 538 g/mol. The molecule has 2 fully saturated rings. The lowest BCUT2D eigenvalue weighted by Crippen LogP contribution is -2.61. The van der Waals surface area contributed by atoms with Gasteiger partial charge >= 0.3 is 0 Å². The highest BCUT2D eigenvalue weighted by atomic mass is 19.3. The highest BCUT2D eigenvalue weighted by Gasteiger charge is 2.47. The molecule has 0 aliphatic carbocycles. The Bertz CT molecular complexity index is 1490. The highest BCUT2D eigenvalue weighted by Crippen LogP contribution is 2.35. The smallest absolute Gasteiger partial charge is 0.280 e. The molecule has 4 aromatic rings. The van der Waals surface area contributed by atoms with Gasteiger partial charge in [-0.15, -0.1) is 10.2 Å². The topological polar surface area (TPSA) is 94.6 Å². The molecule has 0 spiro atoms. The van der Waals surface area contributed by atoms with E-state index in [4.69, 9.17) is 9.47 Å². The molecular formula is C23H23F5N8O2. The molecule has 1 atom stereocenters. The summed E-state index contributed by atoms with van der Waals surface area (Å²) in [6, 6.07) is 3.14. The lowest BCUT2D eigenvalue weighted by Gasteiger charge is -2.44. The number of likely N-dealkylation sites (tertiary alicyclic amines) is 1. The minimum absolute atomic E-state index is 0.0154. The quantitative estimate of drug-likeness (QED) is 0.359. The van der Waals surface area contributed by atoms with Crippen LogP contribution in [0.4, 0.5) is 27.9 Å².